The first-order valence-electron chi connectivity index (χ1n) is 9.50. The van der Waals surface area contributed by atoms with Crippen LogP contribution in [-0.2, 0) is 9.59 Å². The first-order chi connectivity index (χ1) is 15.3. The summed E-state index contributed by atoms with van der Waals surface area (Å²) < 4.78 is 0. The van der Waals surface area contributed by atoms with Gasteiger partial charge in [-0.3, -0.25) is 19.4 Å². The van der Waals surface area contributed by atoms with E-state index in [0.717, 1.165) is 11.8 Å². The quantitative estimate of drug-likeness (QED) is 0.419. The molecule has 0 unspecified atom stereocenters. The van der Waals surface area contributed by atoms with Gasteiger partial charge in [0.25, 0.3) is 5.56 Å². The van der Waals surface area contributed by atoms with E-state index in [1.165, 1.54) is 0 Å². The molecule has 0 bridgehead atoms. The summed E-state index contributed by atoms with van der Waals surface area (Å²) in [4.78, 5) is 39.5. The lowest BCUT2D eigenvalue weighted by Gasteiger charge is -2.11. The van der Waals surface area contributed by atoms with Crippen LogP contribution in [0.15, 0.2) is 52.4 Å². The molecule has 0 spiro atoms. The summed E-state index contributed by atoms with van der Waals surface area (Å²) in [7, 11) is 0. The van der Waals surface area contributed by atoms with Gasteiger partial charge in [0.2, 0.25) is 11.8 Å². The van der Waals surface area contributed by atoms with Crippen LogP contribution in [0.25, 0.3) is 11.3 Å². The van der Waals surface area contributed by atoms with Crippen molar-refractivity contribution in [1.29, 1.82) is 0 Å². The number of nitrogens with zero attached hydrogens (tertiary/aromatic N) is 2. The van der Waals surface area contributed by atoms with Gasteiger partial charge in [-0.1, -0.05) is 73.1 Å². The van der Waals surface area contributed by atoms with Crippen molar-refractivity contribution in [2.45, 2.75) is 19.0 Å². The van der Waals surface area contributed by atoms with E-state index in [1.807, 2.05) is 0 Å². The summed E-state index contributed by atoms with van der Waals surface area (Å²) in [5, 5.41) is 14.2. The second-order valence-corrected chi connectivity index (χ2v) is 8.68. The molecule has 0 aliphatic rings. The first-order valence-corrected chi connectivity index (χ1v) is 11.2. The third-order valence-corrected chi connectivity index (χ3v) is 5.89. The zero-order valence-corrected chi connectivity index (χ0v) is 19.4. The zero-order valence-electron chi connectivity index (χ0n) is 17.1. The molecule has 2 amide bonds. The van der Waals surface area contributed by atoms with Crippen molar-refractivity contribution < 1.29 is 9.59 Å². The molecule has 0 aliphatic carbocycles. The van der Waals surface area contributed by atoms with Crippen LogP contribution < -0.4 is 16.2 Å². The normalized spacial score (nSPS) is 10.8. The Balaban J connectivity index is 1.71. The molecule has 1 aromatic heterocycles. The lowest BCUT2D eigenvalue weighted by molar-refractivity contribution is -0.119. The van der Waals surface area contributed by atoms with Crippen LogP contribution in [0.2, 0.25) is 10.0 Å². The molecule has 32 heavy (non-hydrogen) atoms. The molecular weight excluding hydrogens is 473 g/mol. The van der Waals surface area contributed by atoms with Crippen molar-refractivity contribution in [3.63, 3.8) is 0 Å². The highest BCUT2D eigenvalue weighted by Crippen LogP contribution is 2.29. The van der Waals surface area contributed by atoms with Gasteiger partial charge in [-0.15, -0.1) is 10.2 Å². The Hall–Kier alpha value is -2.88. The largest absolute Gasteiger partial charge is 0.325 e. The third-order valence-electron chi connectivity index (χ3n) is 4.21. The molecule has 0 aliphatic heterocycles. The molecule has 2 aromatic carbocycles. The average molecular weight is 492 g/mol. The molecule has 0 radical (unpaired) electrons. The number of carbonyl (C=O) groups excluding carboxylic acids is 2. The van der Waals surface area contributed by atoms with Crippen LogP contribution in [0.1, 0.15) is 13.8 Å². The van der Waals surface area contributed by atoms with Crippen molar-refractivity contribution in [2.75, 3.05) is 16.4 Å². The van der Waals surface area contributed by atoms with Gasteiger partial charge in [-0.05, 0) is 18.2 Å². The minimum absolute atomic E-state index is 0.0339. The number of halogens is 2. The summed E-state index contributed by atoms with van der Waals surface area (Å²) >= 11 is 13.0. The number of nitrogens with one attached hydrogen (secondary N) is 3. The van der Waals surface area contributed by atoms with Gasteiger partial charge in [-0.2, -0.15) is 0 Å². The van der Waals surface area contributed by atoms with Crippen LogP contribution >= 0.6 is 35.0 Å². The number of carbonyl (C=O) groups is 2. The highest BCUT2D eigenvalue weighted by atomic mass is 35.5. The average Bonchev–Trinajstić information content (AvgIpc) is 2.76. The second-order valence-electron chi connectivity index (χ2n) is 6.94. The number of amides is 2. The van der Waals surface area contributed by atoms with Gasteiger partial charge >= 0.3 is 0 Å². The van der Waals surface area contributed by atoms with Crippen molar-refractivity contribution in [2.24, 2.45) is 5.92 Å². The third kappa shape index (κ3) is 5.87. The smallest absolute Gasteiger partial charge is 0.278 e. The lowest BCUT2D eigenvalue weighted by atomic mass is 10.1. The molecule has 11 heteroatoms. The Kier molecular flexibility index (Phi) is 7.89. The second kappa shape index (κ2) is 10.6. The Morgan fingerprint density at radius 2 is 1.75 bits per heavy atom. The minimum Gasteiger partial charge on any atom is -0.325 e. The highest BCUT2D eigenvalue weighted by Gasteiger charge is 2.16. The maximum absolute atomic E-state index is 12.6. The van der Waals surface area contributed by atoms with Crippen LogP contribution in [0.3, 0.4) is 0 Å². The van der Waals surface area contributed by atoms with E-state index in [1.54, 1.807) is 56.3 Å². The Morgan fingerprint density at radius 3 is 2.47 bits per heavy atom. The van der Waals surface area contributed by atoms with Gasteiger partial charge in [0.1, 0.15) is 0 Å². The Morgan fingerprint density at radius 1 is 1.03 bits per heavy atom. The fourth-order valence-corrected chi connectivity index (χ4v) is 3.51. The number of hydrogen-bond acceptors (Lipinski definition) is 6. The number of aromatic nitrogens is 3. The summed E-state index contributed by atoms with van der Waals surface area (Å²) in [6, 6.07) is 11.7. The van der Waals surface area contributed by atoms with Gasteiger partial charge in [0.15, 0.2) is 10.9 Å². The molecule has 3 rings (SSSR count). The number of hydrogen-bond donors (Lipinski definition) is 3. The topological polar surface area (TPSA) is 117 Å². The summed E-state index contributed by atoms with van der Waals surface area (Å²) in [6.45, 7) is 3.54. The number of benzene rings is 2. The van der Waals surface area contributed by atoms with Gasteiger partial charge < -0.3 is 10.6 Å². The van der Waals surface area contributed by atoms with Crippen molar-refractivity contribution >= 4 is 58.2 Å². The summed E-state index contributed by atoms with van der Waals surface area (Å²) in [6.07, 6.45) is 0. The highest BCUT2D eigenvalue weighted by molar-refractivity contribution is 7.99. The summed E-state index contributed by atoms with van der Waals surface area (Å²) in [5.74, 6) is -0.792. The molecule has 0 atom stereocenters. The van der Waals surface area contributed by atoms with Gasteiger partial charge in [-0.25, -0.2) is 0 Å². The molecule has 166 valence electrons. The number of rotatable bonds is 7. The number of thioether (sulfide) groups is 1. The van der Waals surface area contributed by atoms with E-state index < -0.39 is 5.56 Å². The number of H-pyrrole nitrogens is 1. The lowest BCUT2D eigenvalue weighted by Crippen LogP contribution is -2.20. The van der Waals surface area contributed by atoms with Crippen LogP contribution in [-0.4, -0.2) is 32.7 Å². The van der Waals surface area contributed by atoms with Crippen molar-refractivity contribution in [3.8, 4) is 11.3 Å². The SMILES string of the molecule is CC(C)C(=O)Nc1ccccc1-c1nnc(SCC(=O)Nc2cccc(Cl)c2Cl)[nH]c1=O. The monoisotopic (exact) mass is 491 g/mol. The molecule has 3 aromatic rings. The molecule has 0 saturated heterocycles. The van der Waals surface area contributed by atoms with E-state index in [0.29, 0.717) is 22.0 Å². The Labute approximate surface area is 198 Å². The van der Waals surface area contributed by atoms with E-state index in [9.17, 15) is 14.4 Å². The molecular formula is C21H19Cl2N5O3S. The molecule has 0 saturated carbocycles. The van der Waals surface area contributed by atoms with Crippen LogP contribution in [0.5, 0.6) is 0 Å². The van der Waals surface area contributed by atoms with Crippen LogP contribution in [0.4, 0.5) is 11.4 Å². The fourth-order valence-electron chi connectivity index (χ4n) is 2.56. The predicted molar refractivity (Wildman–Crippen MR) is 127 cm³/mol. The maximum Gasteiger partial charge on any atom is 0.278 e. The summed E-state index contributed by atoms with van der Waals surface area (Å²) in [5.41, 5.74) is 0.861. The number of anilines is 2. The standard InChI is InChI=1S/C21H19Cl2N5O3S/c1-11(2)19(30)25-14-8-4-3-6-12(14)18-20(31)26-21(28-27-18)32-10-16(29)24-15-9-5-7-13(22)17(15)23/h3-9,11H,10H2,1-2H3,(H,24,29)(H,25,30)(H,26,28,31). The molecule has 0 fully saturated rings. The fraction of sp³-hybridized carbons (Fsp3) is 0.190. The molecule has 1 heterocycles. The molecule has 8 nitrogen and oxygen atoms in total. The van der Waals surface area contributed by atoms with Crippen LogP contribution in [0, 0.1) is 5.92 Å². The van der Waals surface area contributed by atoms with E-state index in [-0.39, 0.29) is 39.4 Å². The van der Waals surface area contributed by atoms with Crippen molar-refractivity contribution in [1.82, 2.24) is 15.2 Å². The van der Waals surface area contributed by atoms with E-state index >= 15 is 0 Å². The number of aromatic amines is 1. The zero-order chi connectivity index (χ0) is 23.3. The van der Waals surface area contributed by atoms with E-state index in [2.05, 4.69) is 25.8 Å². The minimum atomic E-state index is -0.493. The predicted octanol–water partition coefficient (Wildman–Crippen LogP) is 4.46. The maximum atomic E-state index is 12.6. The first kappa shape index (κ1) is 23.8. The van der Waals surface area contributed by atoms with Gasteiger partial charge in [0, 0.05) is 11.5 Å². The Bertz CT molecular complexity index is 1220. The van der Waals surface area contributed by atoms with E-state index in [4.69, 9.17) is 23.2 Å². The number of para-hydroxylation sites is 1. The van der Waals surface area contributed by atoms with Gasteiger partial charge in [0.05, 0.1) is 27.2 Å². The van der Waals surface area contributed by atoms with Crippen molar-refractivity contribution in [3.05, 3.63) is 62.9 Å². The molecule has 3 N–H and O–H groups in total.